The number of carboxylic acids is 1. The average molecular weight is 362 g/mol. The topological polar surface area (TPSA) is 54.4 Å². The number of aromatic carboxylic acids is 1. The Kier molecular flexibility index (Phi) is 4.81. The zero-order chi connectivity index (χ0) is 19.8. The molecule has 0 aromatic heterocycles. The van der Waals surface area contributed by atoms with E-state index in [9.17, 15) is 9.59 Å². The van der Waals surface area contributed by atoms with Crippen molar-refractivity contribution in [3.8, 4) is 0 Å². The molecule has 2 aromatic rings. The smallest absolute Gasteiger partial charge is 0.335 e. The van der Waals surface area contributed by atoms with Crippen molar-refractivity contribution in [2.45, 2.75) is 51.4 Å². The SMILES string of the molecule is CC1(C)CCC(C)(C)c2cc(C(=O)/C=C/c3cccc(C(=O)O)c3)ccc21. The minimum Gasteiger partial charge on any atom is -0.478 e. The van der Waals surface area contributed by atoms with Gasteiger partial charge < -0.3 is 5.11 Å². The third-order valence-corrected chi connectivity index (χ3v) is 5.70. The number of carbonyl (C=O) groups is 2. The Morgan fingerprint density at radius 3 is 2.22 bits per heavy atom. The van der Waals surface area contributed by atoms with Crippen LogP contribution in [-0.2, 0) is 10.8 Å². The maximum Gasteiger partial charge on any atom is 0.335 e. The van der Waals surface area contributed by atoms with E-state index in [1.165, 1.54) is 23.3 Å². The van der Waals surface area contributed by atoms with Crippen LogP contribution >= 0.6 is 0 Å². The summed E-state index contributed by atoms with van der Waals surface area (Å²) in [6.45, 7) is 9.00. The maximum absolute atomic E-state index is 12.7. The van der Waals surface area contributed by atoms with Crippen LogP contribution in [0.1, 0.15) is 77.9 Å². The van der Waals surface area contributed by atoms with Gasteiger partial charge in [-0.05, 0) is 64.6 Å². The summed E-state index contributed by atoms with van der Waals surface area (Å²) in [5, 5.41) is 9.08. The molecule has 0 radical (unpaired) electrons. The molecule has 3 nitrogen and oxygen atoms in total. The third kappa shape index (κ3) is 3.87. The van der Waals surface area contributed by atoms with E-state index in [2.05, 4.69) is 33.8 Å². The second kappa shape index (κ2) is 6.80. The van der Waals surface area contributed by atoms with Crippen LogP contribution in [0.15, 0.2) is 48.5 Å². The van der Waals surface area contributed by atoms with Gasteiger partial charge in [-0.25, -0.2) is 4.79 Å². The molecule has 0 amide bonds. The van der Waals surface area contributed by atoms with Crippen molar-refractivity contribution < 1.29 is 14.7 Å². The minimum atomic E-state index is -0.976. The lowest BCUT2D eigenvalue weighted by Crippen LogP contribution is -2.34. The van der Waals surface area contributed by atoms with Gasteiger partial charge in [0.1, 0.15) is 0 Å². The first kappa shape index (κ1) is 19.1. The molecule has 0 bridgehead atoms. The molecule has 3 heteroatoms. The first-order valence-electron chi connectivity index (χ1n) is 9.31. The van der Waals surface area contributed by atoms with Gasteiger partial charge in [0.25, 0.3) is 0 Å². The Bertz CT molecular complexity index is 932. The second-order valence-corrected chi connectivity index (χ2v) is 8.66. The first-order chi connectivity index (χ1) is 12.6. The number of fused-ring (bicyclic) bond motifs is 1. The van der Waals surface area contributed by atoms with E-state index in [4.69, 9.17) is 5.11 Å². The number of ketones is 1. The molecule has 0 fully saturated rings. The fourth-order valence-corrected chi connectivity index (χ4v) is 3.79. The highest BCUT2D eigenvalue weighted by molar-refractivity contribution is 6.07. The van der Waals surface area contributed by atoms with E-state index in [-0.39, 0.29) is 22.2 Å². The van der Waals surface area contributed by atoms with Gasteiger partial charge in [-0.1, -0.05) is 58.0 Å². The van der Waals surface area contributed by atoms with Crippen LogP contribution in [0.4, 0.5) is 0 Å². The largest absolute Gasteiger partial charge is 0.478 e. The molecular formula is C24H26O3. The van der Waals surface area contributed by atoms with Crippen molar-refractivity contribution in [1.29, 1.82) is 0 Å². The standard InChI is InChI=1S/C24H26O3/c1-23(2)12-13-24(3,4)20-15-17(9-10-19(20)23)21(25)11-8-16-6-5-7-18(14-16)22(26)27/h5-11,14-15H,12-13H2,1-4H3,(H,26,27)/b11-8+. The highest BCUT2D eigenvalue weighted by atomic mass is 16.4. The number of carbonyl (C=O) groups excluding carboxylic acids is 1. The van der Waals surface area contributed by atoms with E-state index < -0.39 is 5.97 Å². The summed E-state index contributed by atoms with van der Waals surface area (Å²) in [5.74, 6) is -1.05. The molecule has 2 aromatic carbocycles. The number of carboxylic acid groups (broad SMARTS) is 1. The van der Waals surface area contributed by atoms with Gasteiger partial charge in [0.2, 0.25) is 0 Å². The molecule has 1 aliphatic rings. The summed E-state index contributed by atoms with van der Waals surface area (Å²) < 4.78 is 0. The number of benzene rings is 2. The summed E-state index contributed by atoms with van der Waals surface area (Å²) in [7, 11) is 0. The van der Waals surface area contributed by atoms with Crippen molar-refractivity contribution in [1.82, 2.24) is 0 Å². The molecule has 1 N–H and O–H groups in total. The van der Waals surface area contributed by atoms with Crippen LogP contribution in [0.25, 0.3) is 6.08 Å². The molecule has 27 heavy (non-hydrogen) atoms. The summed E-state index contributed by atoms with van der Waals surface area (Å²) in [5.41, 5.74) is 4.34. The van der Waals surface area contributed by atoms with E-state index in [1.807, 2.05) is 12.1 Å². The van der Waals surface area contributed by atoms with Gasteiger partial charge >= 0.3 is 5.97 Å². The lowest BCUT2D eigenvalue weighted by Gasteiger charge is -2.42. The van der Waals surface area contributed by atoms with Crippen molar-refractivity contribution >= 4 is 17.8 Å². The lowest BCUT2D eigenvalue weighted by atomic mass is 9.63. The first-order valence-corrected chi connectivity index (χ1v) is 9.31. The quantitative estimate of drug-likeness (QED) is 0.566. The Morgan fingerprint density at radius 1 is 0.889 bits per heavy atom. The zero-order valence-electron chi connectivity index (χ0n) is 16.4. The number of allylic oxidation sites excluding steroid dienone is 1. The van der Waals surface area contributed by atoms with Crippen LogP contribution < -0.4 is 0 Å². The monoisotopic (exact) mass is 362 g/mol. The van der Waals surface area contributed by atoms with Crippen LogP contribution in [0, 0.1) is 0 Å². The van der Waals surface area contributed by atoms with E-state index >= 15 is 0 Å². The molecular weight excluding hydrogens is 336 g/mol. The highest BCUT2D eigenvalue weighted by Crippen LogP contribution is 2.45. The molecule has 0 aliphatic heterocycles. The number of hydrogen-bond donors (Lipinski definition) is 1. The fraction of sp³-hybridized carbons (Fsp3) is 0.333. The number of hydrogen-bond acceptors (Lipinski definition) is 2. The second-order valence-electron chi connectivity index (χ2n) is 8.66. The number of rotatable bonds is 4. The van der Waals surface area contributed by atoms with E-state index in [0.717, 1.165) is 12.8 Å². The lowest BCUT2D eigenvalue weighted by molar-refractivity contribution is 0.0696. The molecule has 0 heterocycles. The van der Waals surface area contributed by atoms with Crippen LogP contribution in [0.2, 0.25) is 0 Å². The summed E-state index contributed by atoms with van der Waals surface area (Å²) >= 11 is 0. The van der Waals surface area contributed by atoms with Crippen LogP contribution in [0.5, 0.6) is 0 Å². The van der Waals surface area contributed by atoms with Gasteiger partial charge in [0, 0.05) is 5.56 Å². The molecule has 140 valence electrons. The van der Waals surface area contributed by atoms with Crippen molar-refractivity contribution in [3.63, 3.8) is 0 Å². The Labute approximate surface area is 160 Å². The zero-order valence-corrected chi connectivity index (χ0v) is 16.4. The molecule has 0 saturated carbocycles. The fourth-order valence-electron chi connectivity index (χ4n) is 3.79. The Hall–Kier alpha value is -2.68. The van der Waals surface area contributed by atoms with E-state index in [0.29, 0.717) is 11.1 Å². The van der Waals surface area contributed by atoms with Gasteiger partial charge in [0.05, 0.1) is 5.56 Å². The van der Waals surface area contributed by atoms with Gasteiger partial charge in [-0.3, -0.25) is 4.79 Å². The summed E-state index contributed by atoms with van der Waals surface area (Å²) in [6.07, 6.45) is 5.43. The minimum absolute atomic E-state index is 0.0562. The van der Waals surface area contributed by atoms with Crippen molar-refractivity contribution in [2.75, 3.05) is 0 Å². The normalized spacial score (nSPS) is 17.5. The molecule has 0 spiro atoms. The Morgan fingerprint density at radius 2 is 1.56 bits per heavy atom. The van der Waals surface area contributed by atoms with Gasteiger partial charge in [0.15, 0.2) is 5.78 Å². The Balaban J connectivity index is 1.90. The van der Waals surface area contributed by atoms with Gasteiger partial charge in [-0.15, -0.1) is 0 Å². The summed E-state index contributed by atoms with van der Waals surface area (Å²) in [4.78, 5) is 23.8. The van der Waals surface area contributed by atoms with Crippen LogP contribution in [0.3, 0.4) is 0 Å². The summed E-state index contributed by atoms with van der Waals surface area (Å²) in [6, 6.07) is 12.6. The van der Waals surface area contributed by atoms with Crippen molar-refractivity contribution in [3.05, 3.63) is 76.4 Å². The average Bonchev–Trinajstić information content (AvgIpc) is 2.63. The van der Waals surface area contributed by atoms with Crippen molar-refractivity contribution in [2.24, 2.45) is 0 Å². The van der Waals surface area contributed by atoms with Crippen LogP contribution in [-0.4, -0.2) is 16.9 Å². The molecule has 3 rings (SSSR count). The molecule has 0 unspecified atom stereocenters. The maximum atomic E-state index is 12.7. The molecule has 1 aliphatic carbocycles. The third-order valence-electron chi connectivity index (χ3n) is 5.70. The van der Waals surface area contributed by atoms with E-state index in [1.54, 1.807) is 24.3 Å². The van der Waals surface area contributed by atoms with Gasteiger partial charge in [-0.2, -0.15) is 0 Å². The molecule has 0 saturated heterocycles. The predicted octanol–water partition coefficient (Wildman–Crippen LogP) is 5.63. The predicted molar refractivity (Wildman–Crippen MR) is 108 cm³/mol. The molecule has 0 atom stereocenters. The highest BCUT2D eigenvalue weighted by Gasteiger charge is 2.37.